The lowest BCUT2D eigenvalue weighted by Crippen LogP contribution is -1.93. The molecule has 0 saturated heterocycles. The molecule has 11 rings (SSSR count). The summed E-state index contributed by atoms with van der Waals surface area (Å²) in [6, 6.07) is 62.6. The van der Waals surface area contributed by atoms with Gasteiger partial charge in [0, 0.05) is 49.1 Å². The quantitative estimate of drug-likeness (QED) is 0.190. The lowest BCUT2D eigenvalue weighted by atomic mass is 9.92. The molecular formula is C48H29NO2. The predicted octanol–water partition coefficient (Wildman–Crippen LogP) is 13.6. The van der Waals surface area contributed by atoms with Crippen LogP contribution in [0.25, 0.3) is 105 Å². The molecule has 0 bridgehead atoms. The van der Waals surface area contributed by atoms with E-state index < -0.39 is 0 Å². The third-order valence-electron chi connectivity index (χ3n) is 10.4. The first kappa shape index (κ1) is 28.0. The first-order chi connectivity index (χ1) is 25.3. The molecule has 0 aliphatic rings. The summed E-state index contributed by atoms with van der Waals surface area (Å²) < 4.78 is 15.5. The van der Waals surface area contributed by atoms with Crippen molar-refractivity contribution in [2.45, 2.75) is 0 Å². The number of para-hydroxylation sites is 6. The number of rotatable bonds is 4. The van der Waals surface area contributed by atoms with Crippen LogP contribution in [0.5, 0.6) is 0 Å². The first-order valence-corrected chi connectivity index (χ1v) is 17.3. The number of hydrogen-bond acceptors (Lipinski definition) is 2. The van der Waals surface area contributed by atoms with E-state index in [-0.39, 0.29) is 0 Å². The molecule has 51 heavy (non-hydrogen) atoms. The van der Waals surface area contributed by atoms with E-state index in [4.69, 9.17) is 8.83 Å². The largest absolute Gasteiger partial charge is 0.455 e. The number of aromatic nitrogens is 1. The van der Waals surface area contributed by atoms with Crippen molar-refractivity contribution in [3.05, 3.63) is 176 Å². The van der Waals surface area contributed by atoms with Crippen LogP contribution in [-0.4, -0.2) is 4.57 Å². The molecule has 238 valence electrons. The van der Waals surface area contributed by atoms with E-state index in [0.717, 1.165) is 82.9 Å². The van der Waals surface area contributed by atoms with Crippen molar-refractivity contribution < 1.29 is 8.83 Å². The standard InChI is InChI=1S/C48H29NO2/c1-5-19-43-37(11-1)38-12-2-6-20-44(38)49(43)34-25-23-30(24-26-34)31-27-32(35-15-9-17-41-39-13-3-7-21-45(39)50-47(35)41)29-33(28-31)36-16-10-18-42-40-14-4-8-22-46(40)51-48(36)42/h1-29H. The van der Waals surface area contributed by atoms with E-state index in [1.165, 1.54) is 21.8 Å². The number of fused-ring (bicyclic) bond motifs is 9. The summed E-state index contributed by atoms with van der Waals surface area (Å²) in [5.41, 5.74) is 13.7. The molecule has 0 fully saturated rings. The number of benzene rings is 8. The fraction of sp³-hybridized carbons (Fsp3) is 0. The Balaban J connectivity index is 1.13. The molecule has 3 heteroatoms. The monoisotopic (exact) mass is 651 g/mol. The molecule has 0 atom stereocenters. The molecule has 11 aromatic rings. The lowest BCUT2D eigenvalue weighted by Gasteiger charge is -2.13. The van der Waals surface area contributed by atoms with E-state index in [0.29, 0.717) is 0 Å². The second-order valence-corrected chi connectivity index (χ2v) is 13.3. The minimum Gasteiger partial charge on any atom is -0.455 e. The molecular weight excluding hydrogens is 623 g/mol. The highest BCUT2D eigenvalue weighted by molar-refractivity contribution is 6.12. The van der Waals surface area contributed by atoms with Crippen molar-refractivity contribution in [1.29, 1.82) is 0 Å². The van der Waals surface area contributed by atoms with E-state index in [1.54, 1.807) is 0 Å². The van der Waals surface area contributed by atoms with Crippen molar-refractivity contribution >= 4 is 65.7 Å². The Labute approximate surface area is 293 Å². The van der Waals surface area contributed by atoms with Crippen molar-refractivity contribution in [3.8, 4) is 39.1 Å². The van der Waals surface area contributed by atoms with Crippen LogP contribution in [-0.2, 0) is 0 Å². The molecule has 0 spiro atoms. The number of hydrogen-bond donors (Lipinski definition) is 0. The zero-order valence-corrected chi connectivity index (χ0v) is 27.5. The van der Waals surface area contributed by atoms with Crippen molar-refractivity contribution in [2.75, 3.05) is 0 Å². The fourth-order valence-electron chi connectivity index (χ4n) is 8.06. The normalized spacial score (nSPS) is 11.9. The van der Waals surface area contributed by atoms with Crippen LogP contribution in [0, 0.1) is 0 Å². The second kappa shape index (κ2) is 10.8. The summed E-state index contributed by atoms with van der Waals surface area (Å²) >= 11 is 0. The molecule has 3 heterocycles. The molecule has 3 aromatic heterocycles. The Bertz CT molecular complexity index is 2950. The molecule has 0 unspecified atom stereocenters. The van der Waals surface area contributed by atoms with Gasteiger partial charge in [0.25, 0.3) is 0 Å². The van der Waals surface area contributed by atoms with Gasteiger partial charge in [-0.05, 0) is 76.9 Å². The Morgan fingerprint density at radius 2 is 0.745 bits per heavy atom. The molecule has 3 nitrogen and oxygen atoms in total. The van der Waals surface area contributed by atoms with Crippen molar-refractivity contribution in [3.63, 3.8) is 0 Å². The van der Waals surface area contributed by atoms with Gasteiger partial charge in [-0.15, -0.1) is 0 Å². The second-order valence-electron chi connectivity index (χ2n) is 13.3. The van der Waals surface area contributed by atoms with Crippen LogP contribution in [0.15, 0.2) is 185 Å². The van der Waals surface area contributed by atoms with E-state index in [9.17, 15) is 0 Å². The molecule has 8 aromatic carbocycles. The molecule has 0 amide bonds. The smallest absolute Gasteiger partial charge is 0.143 e. The molecule has 0 saturated carbocycles. The van der Waals surface area contributed by atoms with Gasteiger partial charge in [0.05, 0.1) is 11.0 Å². The van der Waals surface area contributed by atoms with Gasteiger partial charge in [0.1, 0.15) is 22.3 Å². The van der Waals surface area contributed by atoms with Gasteiger partial charge in [-0.1, -0.05) is 121 Å². The molecule has 0 radical (unpaired) electrons. The third kappa shape index (κ3) is 4.25. The summed E-state index contributed by atoms with van der Waals surface area (Å²) in [6.07, 6.45) is 0. The predicted molar refractivity (Wildman–Crippen MR) is 212 cm³/mol. The Morgan fingerprint density at radius 3 is 1.27 bits per heavy atom. The minimum atomic E-state index is 0.893. The first-order valence-electron chi connectivity index (χ1n) is 17.3. The highest BCUT2D eigenvalue weighted by Gasteiger charge is 2.18. The maximum atomic E-state index is 6.55. The highest BCUT2D eigenvalue weighted by atomic mass is 16.3. The summed E-state index contributed by atoms with van der Waals surface area (Å²) in [5.74, 6) is 0. The van der Waals surface area contributed by atoms with Gasteiger partial charge in [-0.25, -0.2) is 0 Å². The Hall–Kier alpha value is -6.84. The average molecular weight is 652 g/mol. The maximum absolute atomic E-state index is 6.55. The summed E-state index contributed by atoms with van der Waals surface area (Å²) in [6.45, 7) is 0. The highest BCUT2D eigenvalue weighted by Crippen LogP contribution is 2.42. The topological polar surface area (TPSA) is 31.2 Å². The summed E-state index contributed by atoms with van der Waals surface area (Å²) in [5, 5.41) is 7.00. The molecule has 0 N–H and O–H groups in total. The van der Waals surface area contributed by atoms with Crippen LogP contribution in [0.1, 0.15) is 0 Å². The van der Waals surface area contributed by atoms with E-state index in [1.807, 2.05) is 24.3 Å². The zero-order valence-electron chi connectivity index (χ0n) is 27.5. The van der Waals surface area contributed by atoms with Crippen LogP contribution in [0.4, 0.5) is 0 Å². The van der Waals surface area contributed by atoms with E-state index in [2.05, 4.69) is 156 Å². The lowest BCUT2D eigenvalue weighted by molar-refractivity contribution is 0.670. The zero-order chi connectivity index (χ0) is 33.5. The van der Waals surface area contributed by atoms with Gasteiger partial charge in [-0.3, -0.25) is 0 Å². The third-order valence-corrected chi connectivity index (χ3v) is 10.4. The minimum absolute atomic E-state index is 0.893. The maximum Gasteiger partial charge on any atom is 0.143 e. The summed E-state index contributed by atoms with van der Waals surface area (Å²) in [4.78, 5) is 0. The van der Waals surface area contributed by atoms with Crippen LogP contribution in [0.3, 0.4) is 0 Å². The number of nitrogens with zero attached hydrogens (tertiary/aromatic N) is 1. The Morgan fingerprint density at radius 1 is 0.314 bits per heavy atom. The average Bonchev–Trinajstić information content (AvgIpc) is 3.87. The van der Waals surface area contributed by atoms with Gasteiger partial charge in [-0.2, -0.15) is 0 Å². The van der Waals surface area contributed by atoms with Crippen LogP contribution in [0.2, 0.25) is 0 Å². The summed E-state index contributed by atoms with van der Waals surface area (Å²) in [7, 11) is 0. The van der Waals surface area contributed by atoms with Gasteiger partial charge >= 0.3 is 0 Å². The van der Waals surface area contributed by atoms with Crippen molar-refractivity contribution in [2.24, 2.45) is 0 Å². The molecule has 0 aliphatic carbocycles. The number of furan rings is 2. The molecule has 0 aliphatic heterocycles. The van der Waals surface area contributed by atoms with Crippen LogP contribution >= 0.6 is 0 Å². The SMILES string of the molecule is c1ccc2c(c1)oc1c(-c3cc(-c4ccc(-n5c6ccccc6c6ccccc65)cc4)cc(-c4cccc5c4oc4ccccc45)c3)cccc12. The van der Waals surface area contributed by atoms with Gasteiger partial charge < -0.3 is 13.4 Å². The Kier molecular flexibility index (Phi) is 5.96. The van der Waals surface area contributed by atoms with E-state index >= 15 is 0 Å². The fourth-order valence-corrected chi connectivity index (χ4v) is 8.06. The van der Waals surface area contributed by atoms with Crippen molar-refractivity contribution in [1.82, 2.24) is 4.57 Å². The van der Waals surface area contributed by atoms with Crippen LogP contribution < -0.4 is 0 Å². The van der Waals surface area contributed by atoms with Gasteiger partial charge in [0.15, 0.2) is 0 Å². The van der Waals surface area contributed by atoms with Gasteiger partial charge in [0.2, 0.25) is 0 Å².